The molecule has 4 bridgehead atoms. The fourth-order valence-corrected chi connectivity index (χ4v) is 5.63. The third-order valence-electron chi connectivity index (χ3n) is 6.17. The van der Waals surface area contributed by atoms with Crippen LogP contribution < -0.4 is 5.73 Å². The van der Waals surface area contributed by atoms with Gasteiger partial charge in [-0.05, 0) is 80.2 Å². The van der Waals surface area contributed by atoms with Crippen LogP contribution in [-0.2, 0) is 0 Å². The normalized spacial score (nSPS) is 40.0. The fraction of sp³-hybridized carbons (Fsp3) is 0.667. The van der Waals surface area contributed by atoms with Gasteiger partial charge in [0.25, 0.3) is 0 Å². The second kappa shape index (κ2) is 4.49. The molecule has 0 heterocycles. The Hall–Kier alpha value is -1.02. The molecule has 2 heteroatoms. The molecule has 0 aromatic heterocycles. The van der Waals surface area contributed by atoms with Gasteiger partial charge in [0.1, 0.15) is 0 Å². The van der Waals surface area contributed by atoms with E-state index in [1.807, 2.05) is 13.0 Å². The first-order valence-corrected chi connectivity index (χ1v) is 8.19. The van der Waals surface area contributed by atoms with E-state index < -0.39 is 6.10 Å². The van der Waals surface area contributed by atoms with Crippen LogP contribution in [0.4, 0.5) is 5.69 Å². The minimum atomic E-state index is -0.466. The van der Waals surface area contributed by atoms with Gasteiger partial charge in [0.05, 0.1) is 6.10 Å². The molecule has 0 saturated heterocycles. The monoisotopic (exact) mass is 271 g/mol. The molecule has 0 amide bonds. The third kappa shape index (κ3) is 1.88. The van der Waals surface area contributed by atoms with E-state index in [-0.39, 0.29) is 0 Å². The SMILES string of the molecule is CC(O)c1cc(C2C3CC4CC(C3)CC2C4)ccc1N. The highest BCUT2D eigenvalue weighted by molar-refractivity contribution is 5.50. The van der Waals surface area contributed by atoms with Gasteiger partial charge in [-0.15, -0.1) is 0 Å². The van der Waals surface area contributed by atoms with Crippen LogP contribution in [-0.4, -0.2) is 5.11 Å². The van der Waals surface area contributed by atoms with E-state index in [0.29, 0.717) is 0 Å². The number of aliphatic hydroxyl groups is 1. The van der Waals surface area contributed by atoms with Gasteiger partial charge in [0.15, 0.2) is 0 Å². The quantitative estimate of drug-likeness (QED) is 0.802. The van der Waals surface area contributed by atoms with Gasteiger partial charge in [0, 0.05) is 11.3 Å². The molecule has 1 aromatic carbocycles. The Bertz CT molecular complexity index is 494. The van der Waals surface area contributed by atoms with Crippen LogP contribution in [0.3, 0.4) is 0 Å². The average Bonchev–Trinajstić information content (AvgIpc) is 2.38. The number of nitrogens with two attached hydrogens (primary N) is 1. The second-order valence-electron chi connectivity index (χ2n) is 7.52. The van der Waals surface area contributed by atoms with Crippen LogP contribution >= 0.6 is 0 Å². The molecular formula is C18H25NO. The molecular weight excluding hydrogens is 246 g/mol. The summed E-state index contributed by atoms with van der Waals surface area (Å²) < 4.78 is 0. The van der Waals surface area contributed by atoms with E-state index in [0.717, 1.165) is 40.8 Å². The maximum absolute atomic E-state index is 9.90. The van der Waals surface area contributed by atoms with Crippen molar-refractivity contribution in [1.29, 1.82) is 0 Å². The number of benzene rings is 1. The molecule has 1 aromatic rings. The smallest absolute Gasteiger partial charge is 0.0781 e. The van der Waals surface area contributed by atoms with Crippen LogP contribution in [0.15, 0.2) is 18.2 Å². The van der Waals surface area contributed by atoms with Crippen LogP contribution in [0.1, 0.15) is 62.2 Å². The maximum atomic E-state index is 9.90. The first kappa shape index (κ1) is 12.7. The summed E-state index contributed by atoms with van der Waals surface area (Å²) in [6.45, 7) is 1.81. The van der Waals surface area contributed by atoms with Crippen molar-refractivity contribution >= 4 is 5.69 Å². The van der Waals surface area contributed by atoms with Gasteiger partial charge >= 0.3 is 0 Å². The standard InChI is InChI=1S/C18H25NO/c1-10(20)16-9-13(2-3-17(16)19)18-14-5-11-4-12(7-14)8-15(18)6-11/h2-3,9-12,14-15,18,20H,4-8,19H2,1H3. The van der Waals surface area contributed by atoms with Crippen molar-refractivity contribution in [2.24, 2.45) is 23.7 Å². The fourth-order valence-electron chi connectivity index (χ4n) is 5.63. The molecule has 0 radical (unpaired) electrons. The zero-order valence-electron chi connectivity index (χ0n) is 12.3. The number of hydrogen-bond acceptors (Lipinski definition) is 2. The number of rotatable bonds is 2. The van der Waals surface area contributed by atoms with Crippen molar-refractivity contribution in [1.82, 2.24) is 0 Å². The Morgan fingerprint density at radius 2 is 1.65 bits per heavy atom. The molecule has 4 aliphatic rings. The minimum absolute atomic E-state index is 0.466. The molecule has 1 atom stereocenters. The van der Waals surface area contributed by atoms with Crippen molar-refractivity contribution in [3.05, 3.63) is 29.3 Å². The highest BCUT2D eigenvalue weighted by Crippen LogP contribution is 2.59. The van der Waals surface area contributed by atoms with Crippen LogP contribution in [0.5, 0.6) is 0 Å². The number of anilines is 1. The molecule has 4 aliphatic carbocycles. The first-order chi connectivity index (χ1) is 9.61. The van der Waals surface area contributed by atoms with Crippen molar-refractivity contribution in [2.75, 3.05) is 5.73 Å². The van der Waals surface area contributed by atoms with Crippen molar-refractivity contribution < 1.29 is 5.11 Å². The van der Waals surface area contributed by atoms with E-state index in [1.165, 1.54) is 37.7 Å². The molecule has 2 nitrogen and oxygen atoms in total. The van der Waals surface area contributed by atoms with Crippen LogP contribution in [0.25, 0.3) is 0 Å². The average molecular weight is 271 g/mol. The summed E-state index contributed by atoms with van der Waals surface area (Å²) in [7, 11) is 0. The summed E-state index contributed by atoms with van der Waals surface area (Å²) in [5.74, 6) is 4.52. The lowest BCUT2D eigenvalue weighted by Crippen LogP contribution is -2.43. The van der Waals surface area contributed by atoms with E-state index >= 15 is 0 Å². The Morgan fingerprint density at radius 1 is 1.05 bits per heavy atom. The molecule has 20 heavy (non-hydrogen) atoms. The lowest BCUT2D eigenvalue weighted by Gasteiger charge is -2.54. The zero-order valence-corrected chi connectivity index (χ0v) is 12.3. The lowest BCUT2D eigenvalue weighted by molar-refractivity contribution is -0.00284. The molecule has 4 saturated carbocycles. The largest absolute Gasteiger partial charge is 0.398 e. The third-order valence-corrected chi connectivity index (χ3v) is 6.17. The molecule has 3 N–H and O–H groups in total. The van der Waals surface area contributed by atoms with Crippen LogP contribution in [0.2, 0.25) is 0 Å². The predicted molar refractivity (Wildman–Crippen MR) is 81.3 cm³/mol. The molecule has 0 spiro atoms. The van der Waals surface area contributed by atoms with E-state index in [9.17, 15) is 5.11 Å². The number of nitrogen functional groups attached to an aromatic ring is 1. The van der Waals surface area contributed by atoms with Crippen LogP contribution in [0, 0.1) is 23.7 Å². The van der Waals surface area contributed by atoms with Gasteiger partial charge in [-0.2, -0.15) is 0 Å². The first-order valence-electron chi connectivity index (χ1n) is 8.19. The van der Waals surface area contributed by atoms with E-state index in [1.54, 1.807) is 0 Å². The summed E-state index contributed by atoms with van der Waals surface area (Å²) in [5.41, 5.74) is 9.08. The summed E-state index contributed by atoms with van der Waals surface area (Å²) in [4.78, 5) is 0. The van der Waals surface area contributed by atoms with Gasteiger partial charge in [0.2, 0.25) is 0 Å². The number of aliphatic hydroxyl groups excluding tert-OH is 1. The summed E-state index contributed by atoms with van der Waals surface area (Å²) in [5, 5.41) is 9.90. The van der Waals surface area contributed by atoms with E-state index in [2.05, 4.69) is 12.1 Å². The van der Waals surface area contributed by atoms with Gasteiger partial charge in [-0.3, -0.25) is 0 Å². The molecule has 4 fully saturated rings. The summed E-state index contributed by atoms with van der Waals surface area (Å²) in [6, 6.07) is 6.41. The molecule has 1 unspecified atom stereocenters. The highest BCUT2D eigenvalue weighted by atomic mass is 16.3. The summed E-state index contributed by atoms with van der Waals surface area (Å²) in [6.07, 6.45) is 6.78. The number of hydrogen-bond donors (Lipinski definition) is 2. The van der Waals surface area contributed by atoms with Gasteiger partial charge in [-0.1, -0.05) is 12.1 Å². The molecule has 108 valence electrons. The van der Waals surface area contributed by atoms with Gasteiger partial charge < -0.3 is 10.8 Å². The van der Waals surface area contributed by atoms with Crippen molar-refractivity contribution in [3.8, 4) is 0 Å². The second-order valence-corrected chi connectivity index (χ2v) is 7.52. The Labute approximate surface area is 121 Å². The topological polar surface area (TPSA) is 46.2 Å². The van der Waals surface area contributed by atoms with Gasteiger partial charge in [-0.25, -0.2) is 0 Å². The summed E-state index contributed by atoms with van der Waals surface area (Å²) >= 11 is 0. The minimum Gasteiger partial charge on any atom is -0.398 e. The predicted octanol–water partition coefficient (Wildman–Crippen LogP) is 3.86. The Morgan fingerprint density at radius 3 is 2.20 bits per heavy atom. The zero-order chi connectivity index (χ0) is 13.9. The highest BCUT2D eigenvalue weighted by Gasteiger charge is 2.48. The van der Waals surface area contributed by atoms with Crippen molar-refractivity contribution in [3.63, 3.8) is 0 Å². The van der Waals surface area contributed by atoms with E-state index in [4.69, 9.17) is 5.73 Å². The Kier molecular flexibility index (Phi) is 2.85. The Balaban J connectivity index is 1.69. The van der Waals surface area contributed by atoms with Crippen molar-refractivity contribution in [2.45, 2.75) is 51.0 Å². The molecule has 0 aliphatic heterocycles. The molecule has 5 rings (SSSR count). The maximum Gasteiger partial charge on any atom is 0.0781 e. The lowest BCUT2D eigenvalue weighted by atomic mass is 9.50.